The van der Waals surface area contributed by atoms with Crippen molar-refractivity contribution in [1.29, 1.82) is 0 Å². The lowest BCUT2D eigenvalue weighted by Gasteiger charge is -2.21. The normalized spacial score (nSPS) is 14.6. The molecular formula is C85H144O17P2. The summed E-state index contributed by atoms with van der Waals surface area (Å²) in [7, 11) is -9.98. The first-order chi connectivity index (χ1) is 50.7. The van der Waals surface area contributed by atoms with Crippen LogP contribution in [0.2, 0.25) is 0 Å². The summed E-state index contributed by atoms with van der Waals surface area (Å²) < 4.78 is 68.6. The van der Waals surface area contributed by atoms with E-state index in [-0.39, 0.29) is 25.7 Å². The number of unbranched alkanes of at least 4 members (excludes halogenated alkanes) is 27. The van der Waals surface area contributed by atoms with Crippen molar-refractivity contribution >= 4 is 39.5 Å². The summed E-state index contributed by atoms with van der Waals surface area (Å²) in [6, 6.07) is 0. The summed E-state index contributed by atoms with van der Waals surface area (Å²) >= 11 is 0. The van der Waals surface area contributed by atoms with Gasteiger partial charge in [-0.05, 0) is 128 Å². The van der Waals surface area contributed by atoms with Gasteiger partial charge in [0.05, 0.1) is 26.4 Å². The Balaban J connectivity index is 5.40. The summed E-state index contributed by atoms with van der Waals surface area (Å²) in [6.45, 7) is 4.51. The molecule has 0 aromatic rings. The lowest BCUT2D eigenvalue weighted by molar-refractivity contribution is -0.161. The van der Waals surface area contributed by atoms with Crippen LogP contribution in [0.25, 0.3) is 0 Å². The quantitative estimate of drug-likeness (QED) is 0.0169. The van der Waals surface area contributed by atoms with Crippen molar-refractivity contribution in [2.75, 3.05) is 39.6 Å². The molecule has 0 aliphatic carbocycles. The van der Waals surface area contributed by atoms with E-state index in [0.29, 0.717) is 32.1 Å². The van der Waals surface area contributed by atoms with Crippen LogP contribution in [0.1, 0.15) is 323 Å². The fourth-order valence-corrected chi connectivity index (χ4v) is 12.1. The van der Waals surface area contributed by atoms with Crippen LogP contribution in [-0.4, -0.2) is 96.7 Å². The fraction of sp³-hybridized carbons (Fsp3) is 0.694. The first-order valence-electron chi connectivity index (χ1n) is 40.4. The van der Waals surface area contributed by atoms with Crippen LogP contribution < -0.4 is 0 Å². The molecule has 0 bridgehead atoms. The van der Waals surface area contributed by atoms with Gasteiger partial charge in [0, 0.05) is 25.7 Å². The van der Waals surface area contributed by atoms with Crippen LogP contribution in [0.15, 0.2) is 134 Å². The van der Waals surface area contributed by atoms with Gasteiger partial charge in [-0.15, -0.1) is 0 Å². The molecule has 19 heteroatoms. The molecule has 3 N–H and O–H groups in total. The maximum atomic E-state index is 13.1. The molecule has 0 amide bonds. The molecule has 0 aliphatic rings. The van der Waals surface area contributed by atoms with Gasteiger partial charge in [0.1, 0.15) is 19.3 Å². The minimum Gasteiger partial charge on any atom is -0.462 e. The van der Waals surface area contributed by atoms with Crippen LogP contribution >= 0.6 is 15.6 Å². The Kier molecular flexibility index (Phi) is 72.9. The number of ether oxygens (including phenoxy) is 4. The SMILES string of the molecule is CC/C=C\C/C=C\C/C=C\C/C=C\C/C=C\CCCC(=O)OCC(COP(=O)(O)OCC(O)COP(=O)(O)OCC(COC(=O)CCCCCCCC/C=C\C/C=C\C/C=C\C/C=C\CC)OC(=O)CCCCCCC/C=C\C/C=C\CCC)OC(=O)CCCCCCCCCCCCCCCCC. The van der Waals surface area contributed by atoms with Crippen molar-refractivity contribution < 1.29 is 80.2 Å². The van der Waals surface area contributed by atoms with E-state index in [1.54, 1.807) is 0 Å². The molecule has 0 aromatic carbocycles. The molecule has 17 nitrogen and oxygen atoms in total. The van der Waals surface area contributed by atoms with Gasteiger partial charge < -0.3 is 33.8 Å². The van der Waals surface area contributed by atoms with Gasteiger partial charge in [0.15, 0.2) is 12.2 Å². The molecule has 0 radical (unpaired) electrons. The third-order valence-electron chi connectivity index (χ3n) is 16.6. The smallest absolute Gasteiger partial charge is 0.462 e. The van der Waals surface area contributed by atoms with E-state index >= 15 is 0 Å². The van der Waals surface area contributed by atoms with E-state index in [9.17, 15) is 43.2 Å². The molecule has 0 spiro atoms. The van der Waals surface area contributed by atoms with Crippen LogP contribution in [-0.2, 0) is 65.4 Å². The van der Waals surface area contributed by atoms with Gasteiger partial charge in [0.2, 0.25) is 0 Å². The van der Waals surface area contributed by atoms with Crippen molar-refractivity contribution in [3.63, 3.8) is 0 Å². The fourth-order valence-electron chi connectivity index (χ4n) is 10.5. The minimum atomic E-state index is -4.99. The number of phosphoric acid groups is 2. The van der Waals surface area contributed by atoms with Crippen molar-refractivity contribution in [3.8, 4) is 0 Å². The molecule has 0 aromatic heterocycles. The Bertz CT molecular complexity index is 2490. The third-order valence-corrected chi connectivity index (χ3v) is 18.5. The Hall–Kier alpha value is -4.80. The number of hydrogen-bond acceptors (Lipinski definition) is 15. The number of aliphatic hydroxyl groups excluding tert-OH is 1. The number of phosphoric ester groups is 2. The molecule has 0 saturated heterocycles. The first kappa shape index (κ1) is 99.2. The van der Waals surface area contributed by atoms with Crippen molar-refractivity contribution in [1.82, 2.24) is 0 Å². The highest BCUT2D eigenvalue weighted by Crippen LogP contribution is 2.45. The van der Waals surface area contributed by atoms with Crippen molar-refractivity contribution in [2.45, 2.75) is 341 Å². The number of esters is 4. The molecule has 0 heterocycles. The van der Waals surface area contributed by atoms with Gasteiger partial charge in [-0.1, -0.05) is 303 Å². The van der Waals surface area contributed by atoms with E-state index in [4.69, 9.17) is 37.0 Å². The molecule has 5 unspecified atom stereocenters. The molecule has 5 atom stereocenters. The molecule has 596 valence electrons. The average molecular weight is 1500 g/mol. The number of rotatable bonds is 75. The number of hydrogen-bond donors (Lipinski definition) is 3. The lowest BCUT2D eigenvalue weighted by Crippen LogP contribution is -2.30. The Morgan fingerprint density at radius 3 is 0.846 bits per heavy atom. The number of aliphatic hydroxyl groups is 1. The largest absolute Gasteiger partial charge is 0.472 e. The Morgan fingerprint density at radius 1 is 0.279 bits per heavy atom. The average Bonchev–Trinajstić information content (AvgIpc) is 0.939. The van der Waals surface area contributed by atoms with Gasteiger partial charge >= 0.3 is 39.5 Å². The zero-order chi connectivity index (χ0) is 76.0. The predicted octanol–water partition coefficient (Wildman–Crippen LogP) is 23.7. The second kappa shape index (κ2) is 76.4. The highest BCUT2D eigenvalue weighted by atomic mass is 31.2. The summed E-state index contributed by atoms with van der Waals surface area (Å²) in [5.74, 6) is -2.27. The maximum Gasteiger partial charge on any atom is 0.472 e. The van der Waals surface area contributed by atoms with Gasteiger partial charge in [0.25, 0.3) is 0 Å². The second-order valence-electron chi connectivity index (χ2n) is 26.6. The van der Waals surface area contributed by atoms with Gasteiger partial charge in [-0.3, -0.25) is 37.3 Å². The summed E-state index contributed by atoms with van der Waals surface area (Å²) in [6.07, 6.45) is 85.8. The second-order valence-corrected chi connectivity index (χ2v) is 29.5. The van der Waals surface area contributed by atoms with Crippen molar-refractivity contribution in [3.05, 3.63) is 134 Å². The number of carbonyl (C=O) groups excluding carboxylic acids is 4. The van der Waals surface area contributed by atoms with Crippen molar-refractivity contribution in [2.24, 2.45) is 0 Å². The first-order valence-corrected chi connectivity index (χ1v) is 43.4. The van der Waals surface area contributed by atoms with Crippen LogP contribution in [0.4, 0.5) is 0 Å². The topological polar surface area (TPSA) is 237 Å². The lowest BCUT2D eigenvalue weighted by atomic mass is 10.0. The number of allylic oxidation sites excluding steroid dienone is 22. The van der Waals surface area contributed by atoms with Crippen LogP contribution in [0.5, 0.6) is 0 Å². The van der Waals surface area contributed by atoms with Gasteiger partial charge in [-0.2, -0.15) is 0 Å². The zero-order valence-electron chi connectivity index (χ0n) is 65.2. The highest BCUT2D eigenvalue weighted by molar-refractivity contribution is 7.47. The summed E-state index contributed by atoms with van der Waals surface area (Å²) in [5.41, 5.74) is 0. The summed E-state index contributed by atoms with van der Waals surface area (Å²) in [4.78, 5) is 73.0. The monoisotopic (exact) mass is 1500 g/mol. The Morgan fingerprint density at radius 2 is 0.529 bits per heavy atom. The molecule has 0 aliphatic heterocycles. The molecule has 0 rings (SSSR count). The van der Waals surface area contributed by atoms with Crippen LogP contribution in [0, 0.1) is 0 Å². The van der Waals surface area contributed by atoms with E-state index in [0.717, 1.165) is 173 Å². The van der Waals surface area contributed by atoms with E-state index in [2.05, 4.69) is 149 Å². The van der Waals surface area contributed by atoms with Gasteiger partial charge in [-0.25, -0.2) is 9.13 Å². The molecule has 0 saturated carbocycles. The standard InChI is InChI=1S/C85H144O17P2/c1-5-9-13-17-21-25-29-33-36-38-39-41-44-47-50-54-58-62-66-70-83(88)95-75-80(101-84(89)71-67-63-59-55-51-45-32-28-24-20-16-12-8-4)77-99-103(91,92)97-73-79(86)74-98-104(93,94)100-78-81(102-85(90)72-68-64-60-56-52-48-42-35-31-27-23-19-15-11-7-3)76-96-82(87)69-65-61-57-53-49-46-43-40-37-34-30-26-22-18-14-10-6-2/h9-10,13-14,16,20-22,25-26,28,32-34,36-37,39,41,43,46,53,57,79-81,86H,5-8,11-12,15,17-19,23-24,27,29-31,35,38,40,42,44-45,47-52,54-56,58-78H2,1-4H3,(H,91,92)(H,93,94)/b13-9-,14-10-,20-16-,25-21-,26-22-,32-28-,36-33-,37-34-,41-39-,46-43-,57-53-. The molecule has 0 fully saturated rings. The zero-order valence-corrected chi connectivity index (χ0v) is 66.9. The van der Waals surface area contributed by atoms with E-state index in [1.807, 2.05) is 12.2 Å². The van der Waals surface area contributed by atoms with Crippen LogP contribution in [0.3, 0.4) is 0 Å². The Labute approximate surface area is 631 Å². The summed E-state index contributed by atoms with van der Waals surface area (Å²) in [5, 5.41) is 10.6. The van der Waals surface area contributed by atoms with E-state index < -0.39 is 97.5 Å². The third kappa shape index (κ3) is 75.4. The van der Waals surface area contributed by atoms with E-state index in [1.165, 1.54) is 64.2 Å². The molecule has 104 heavy (non-hydrogen) atoms. The predicted molar refractivity (Wildman–Crippen MR) is 427 cm³/mol. The maximum absolute atomic E-state index is 13.1. The highest BCUT2D eigenvalue weighted by Gasteiger charge is 2.30. The number of carbonyl (C=O) groups is 4. The molecular weight excluding hydrogens is 1350 g/mol. The minimum absolute atomic E-state index is 0.0715.